The third-order valence-corrected chi connectivity index (χ3v) is 11.8. The number of carbonyl (C=O) groups excluding carboxylic acids is 3. The van der Waals surface area contributed by atoms with Crippen LogP contribution in [-0.2, 0) is 9.59 Å². The maximum Gasteiger partial charge on any atom is 0.377 e. The first kappa shape index (κ1) is 46.8. The van der Waals surface area contributed by atoms with Crippen LogP contribution >= 0.6 is 0 Å². The molecule has 0 atom stereocenters. The molecule has 10 heterocycles. The Labute approximate surface area is 408 Å². The molecule has 0 spiro atoms. The Balaban J connectivity index is 0.000000139. The van der Waals surface area contributed by atoms with E-state index in [0.717, 1.165) is 67.4 Å². The quantitative estimate of drug-likeness (QED) is 0.112. The Hall–Kier alpha value is -9.92. The zero-order valence-electron chi connectivity index (χ0n) is 37.9. The van der Waals surface area contributed by atoms with Crippen molar-refractivity contribution in [3.05, 3.63) is 133 Å². The van der Waals surface area contributed by atoms with Gasteiger partial charge in [-0.15, -0.1) is 10.2 Å². The minimum atomic E-state index is -1.66. The van der Waals surface area contributed by atoms with Crippen molar-refractivity contribution in [1.82, 2.24) is 80.8 Å². The highest BCUT2D eigenvalue weighted by molar-refractivity contribution is 6.45. The number of Topliss-reactive ketones (excluding diaryl/α,β-unsaturated/α-hetero) is 2. The molecule has 0 bridgehead atoms. The fraction of sp³-hybridized carbons (Fsp3) is 0.174. The highest BCUT2D eigenvalue weighted by atomic mass is 19.1. The van der Waals surface area contributed by atoms with Crippen molar-refractivity contribution in [2.45, 2.75) is 0 Å². The standard InChI is InChI=1S/C23H18FN9O3.C12H14N4O.C11H6FN5O3/c24-16-13-26-21(33-7-6-27-30-33)19-17(16)15(12-25-19)20(34)23(35)32-10-8-31(9-11-32)22-18(28-36-29-22)14-4-2-1-3-5-14;1-2-4-10(5-3-1)11-12(15-17-14-11)16-8-6-13-7-9-16;12-6-4-14-10(17-2-1-15-16-17)8-7(6)5(3-13-8)9(18)11(19)20/h1-7,12-13,25H,8-11H2;1-5,13H,6-9H2;1-4,13H,(H,19,20). The maximum absolute atomic E-state index is 14.7. The van der Waals surface area contributed by atoms with E-state index >= 15 is 0 Å². The number of aliphatic carboxylic acids is 1. The molecule has 0 radical (unpaired) electrons. The molecule has 2 aliphatic rings. The minimum Gasteiger partial charge on any atom is -0.475 e. The highest BCUT2D eigenvalue weighted by Crippen LogP contribution is 2.31. The lowest BCUT2D eigenvalue weighted by Crippen LogP contribution is -2.50. The number of piperazine rings is 2. The van der Waals surface area contributed by atoms with Crippen LogP contribution in [0.1, 0.15) is 20.7 Å². The molecule has 12 rings (SSSR count). The number of aromatic amines is 2. The number of ketones is 2. The van der Waals surface area contributed by atoms with Crippen LogP contribution in [0.4, 0.5) is 20.4 Å². The van der Waals surface area contributed by atoms with Gasteiger partial charge in [-0.25, -0.2) is 42.2 Å². The Morgan fingerprint density at radius 2 is 1.04 bits per heavy atom. The molecular weight excluding hydrogens is 955 g/mol. The monoisotopic (exact) mass is 992 g/mol. The van der Waals surface area contributed by atoms with Crippen molar-refractivity contribution >= 4 is 56.9 Å². The van der Waals surface area contributed by atoms with Crippen LogP contribution in [0, 0.1) is 11.6 Å². The molecule has 2 saturated heterocycles. The topological polar surface area (TPSA) is 307 Å². The second-order valence-electron chi connectivity index (χ2n) is 16.0. The Kier molecular flexibility index (Phi) is 13.2. The van der Waals surface area contributed by atoms with Gasteiger partial charge < -0.3 is 35.1 Å². The van der Waals surface area contributed by atoms with Crippen LogP contribution < -0.4 is 15.1 Å². The predicted molar refractivity (Wildman–Crippen MR) is 252 cm³/mol. The van der Waals surface area contributed by atoms with Crippen molar-refractivity contribution < 1.29 is 42.3 Å². The normalized spacial score (nSPS) is 13.6. The summed E-state index contributed by atoms with van der Waals surface area (Å²) in [6.45, 7) is 5.24. The van der Waals surface area contributed by atoms with E-state index in [1.54, 1.807) is 6.20 Å². The van der Waals surface area contributed by atoms with Gasteiger partial charge in [-0.05, 0) is 20.6 Å². The number of rotatable bonds is 10. The molecular formula is C46H38F2N18O7. The summed E-state index contributed by atoms with van der Waals surface area (Å²) in [5.74, 6) is -4.01. The molecule has 4 N–H and O–H groups in total. The first-order valence-electron chi connectivity index (χ1n) is 22.3. The van der Waals surface area contributed by atoms with Gasteiger partial charge in [0.15, 0.2) is 34.7 Å². The average molecular weight is 993 g/mol. The number of fused-ring (bicyclic) bond motifs is 2. The molecule has 0 unspecified atom stereocenters. The van der Waals surface area contributed by atoms with Crippen molar-refractivity contribution in [2.24, 2.45) is 0 Å². The van der Waals surface area contributed by atoms with Crippen LogP contribution in [-0.4, -0.2) is 156 Å². The van der Waals surface area contributed by atoms with Crippen molar-refractivity contribution in [2.75, 3.05) is 62.2 Å². The fourth-order valence-corrected chi connectivity index (χ4v) is 8.25. The summed E-state index contributed by atoms with van der Waals surface area (Å²) in [5, 5.41) is 42.9. The number of pyridine rings is 2. The van der Waals surface area contributed by atoms with Gasteiger partial charge in [0.2, 0.25) is 11.6 Å². The largest absolute Gasteiger partial charge is 0.475 e. The molecule has 1 amide bonds. The number of carbonyl (C=O) groups is 4. The lowest BCUT2D eigenvalue weighted by molar-refractivity contribution is -0.131. The number of carboxylic acid groups (broad SMARTS) is 1. The van der Waals surface area contributed by atoms with Crippen LogP contribution in [0.15, 0.2) is 119 Å². The number of amides is 1. The van der Waals surface area contributed by atoms with Gasteiger partial charge in [-0.3, -0.25) is 14.4 Å². The average Bonchev–Trinajstić information content (AvgIpc) is 4.30. The molecule has 25 nitrogen and oxygen atoms in total. The molecule has 0 aliphatic carbocycles. The van der Waals surface area contributed by atoms with Gasteiger partial charge in [0.1, 0.15) is 0 Å². The zero-order valence-corrected chi connectivity index (χ0v) is 37.9. The Morgan fingerprint density at radius 1 is 0.575 bits per heavy atom. The second kappa shape index (κ2) is 20.6. The van der Waals surface area contributed by atoms with E-state index < -0.39 is 35.1 Å². The van der Waals surface area contributed by atoms with E-state index in [-0.39, 0.29) is 57.7 Å². The molecule has 27 heteroatoms. The summed E-state index contributed by atoms with van der Waals surface area (Å²) in [6, 6.07) is 19.5. The van der Waals surface area contributed by atoms with Gasteiger partial charge >= 0.3 is 5.97 Å². The van der Waals surface area contributed by atoms with E-state index in [2.05, 4.69) is 71.4 Å². The molecule has 0 saturated carbocycles. The lowest BCUT2D eigenvalue weighted by atomic mass is 10.1. The lowest BCUT2D eigenvalue weighted by Gasteiger charge is -2.34. The van der Waals surface area contributed by atoms with Gasteiger partial charge in [0.05, 0.1) is 70.1 Å². The summed E-state index contributed by atoms with van der Waals surface area (Å²) >= 11 is 0. The Bertz CT molecular complexity index is 3550. The van der Waals surface area contributed by atoms with Gasteiger partial charge in [-0.2, -0.15) is 0 Å². The van der Waals surface area contributed by atoms with Gasteiger partial charge in [0.25, 0.3) is 17.5 Å². The third kappa shape index (κ3) is 9.44. The number of aromatic nitrogens is 14. The van der Waals surface area contributed by atoms with E-state index in [1.807, 2.05) is 65.6 Å². The fourth-order valence-electron chi connectivity index (χ4n) is 8.25. The number of hydrogen-bond donors (Lipinski definition) is 4. The number of H-pyrrole nitrogens is 2. The van der Waals surface area contributed by atoms with E-state index in [9.17, 15) is 28.0 Å². The summed E-state index contributed by atoms with van der Waals surface area (Å²) in [5.41, 5.74) is 3.42. The predicted octanol–water partition coefficient (Wildman–Crippen LogP) is 3.56. The van der Waals surface area contributed by atoms with Crippen LogP contribution in [0.2, 0.25) is 0 Å². The SMILES string of the molecule is O=C(C(=O)N1CCN(c2nonc2-c2ccccc2)CC1)c1c[nH]c2c(-n3ccnn3)ncc(F)c12.O=C(O)C(=O)c1c[nH]c2c(-n3ccnn3)ncc(F)c12.c1ccc(-c2nonc2N2CCNCC2)cc1. The molecule has 8 aromatic heterocycles. The van der Waals surface area contributed by atoms with Crippen molar-refractivity contribution in [3.63, 3.8) is 0 Å². The van der Waals surface area contributed by atoms with Crippen LogP contribution in [0.25, 0.3) is 56.0 Å². The highest BCUT2D eigenvalue weighted by Gasteiger charge is 2.32. The van der Waals surface area contributed by atoms with E-state index in [4.69, 9.17) is 14.4 Å². The van der Waals surface area contributed by atoms with Crippen molar-refractivity contribution in [3.8, 4) is 34.2 Å². The molecule has 2 aliphatic heterocycles. The zero-order chi connectivity index (χ0) is 50.4. The molecule has 73 heavy (non-hydrogen) atoms. The summed E-state index contributed by atoms with van der Waals surface area (Å²) in [6.07, 6.45) is 10.2. The Morgan fingerprint density at radius 3 is 1.49 bits per heavy atom. The maximum atomic E-state index is 14.7. The molecule has 2 aromatic carbocycles. The van der Waals surface area contributed by atoms with E-state index in [1.165, 1.54) is 39.1 Å². The van der Waals surface area contributed by atoms with Crippen molar-refractivity contribution in [1.29, 1.82) is 0 Å². The van der Waals surface area contributed by atoms with Gasteiger partial charge in [-0.1, -0.05) is 71.1 Å². The van der Waals surface area contributed by atoms with E-state index in [0.29, 0.717) is 24.6 Å². The molecule has 368 valence electrons. The van der Waals surface area contributed by atoms with Crippen LogP contribution in [0.5, 0.6) is 0 Å². The number of anilines is 2. The van der Waals surface area contributed by atoms with Gasteiger partial charge in [0, 0.05) is 75.9 Å². The first-order chi connectivity index (χ1) is 35.7. The number of nitrogens with zero attached hydrogens (tertiary/aromatic N) is 15. The number of halogens is 2. The summed E-state index contributed by atoms with van der Waals surface area (Å²) in [7, 11) is 0. The smallest absolute Gasteiger partial charge is 0.377 e. The molecule has 2 fully saturated rings. The number of benzene rings is 2. The number of carboxylic acids is 1. The van der Waals surface area contributed by atoms with Crippen LogP contribution in [0.3, 0.4) is 0 Å². The third-order valence-electron chi connectivity index (χ3n) is 11.8. The molecule has 10 aromatic rings. The minimum absolute atomic E-state index is 0.0198. The summed E-state index contributed by atoms with van der Waals surface area (Å²) < 4.78 is 41.1. The number of hydrogen-bond acceptors (Lipinski definition) is 19. The number of nitrogens with one attached hydrogen (secondary N) is 3. The first-order valence-corrected chi connectivity index (χ1v) is 22.3. The second-order valence-corrected chi connectivity index (χ2v) is 16.0. The summed E-state index contributed by atoms with van der Waals surface area (Å²) in [4.78, 5) is 67.5.